The van der Waals surface area contributed by atoms with Gasteiger partial charge < -0.3 is 14.4 Å². The third-order valence-corrected chi connectivity index (χ3v) is 4.92. The molecule has 0 radical (unpaired) electrons. The van der Waals surface area contributed by atoms with Crippen LogP contribution in [0.5, 0.6) is 0 Å². The number of carbonyl (C=O) groups is 2. The number of nitrogens with one attached hydrogen (secondary N) is 1. The van der Waals surface area contributed by atoms with Crippen molar-refractivity contribution in [2.75, 3.05) is 7.11 Å². The molecule has 0 aliphatic heterocycles. The SMILES string of the molecule is COC(=O)c1ccc(Cn2cc(/C(O)=C/C(=O)c3nn[nH]n3)c3cc(Cl)ccc32)cc1. The third-order valence-electron chi connectivity index (χ3n) is 4.68. The van der Waals surface area contributed by atoms with Gasteiger partial charge in [-0.1, -0.05) is 23.7 Å². The molecule has 0 aliphatic carbocycles. The van der Waals surface area contributed by atoms with Crippen LogP contribution in [-0.2, 0) is 11.3 Å². The molecule has 2 aromatic carbocycles. The van der Waals surface area contributed by atoms with Crippen LogP contribution in [0.2, 0.25) is 5.02 Å². The molecule has 0 saturated heterocycles. The fourth-order valence-corrected chi connectivity index (χ4v) is 3.37. The lowest BCUT2D eigenvalue weighted by molar-refractivity contribution is 0.0600. The van der Waals surface area contributed by atoms with Crippen LogP contribution in [0.15, 0.2) is 54.7 Å². The second kappa shape index (κ2) is 8.41. The van der Waals surface area contributed by atoms with Crippen molar-refractivity contribution in [2.24, 2.45) is 0 Å². The number of rotatable bonds is 6. The van der Waals surface area contributed by atoms with E-state index >= 15 is 0 Å². The molecule has 0 unspecified atom stereocenters. The zero-order valence-corrected chi connectivity index (χ0v) is 17.0. The molecule has 10 heteroatoms. The summed E-state index contributed by atoms with van der Waals surface area (Å²) in [5, 5.41) is 24.6. The number of allylic oxidation sites excluding steroid dienone is 1. The molecule has 2 aromatic heterocycles. The van der Waals surface area contributed by atoms with Crippen molar-refractivity contribution in [3.05, 3.63) is 82.3 Å². The number of fused-ring (bicyclic) bond motifs is 1. The summed E-state index contributed by atoms with van der Waals surface area (Å²) in [5.41, 5.74) is 2.62. The van der Waals surface area contributed by atoms with Gasteiger partial charge in [0.25, 0.3) is 0 Å². The van der Waals surface area contributed by atoms with Crippen molar-refractivity contribution in [3.63, 3.8) is 0 Å². The van der Waals surface area contributed by atoms with E-state index in [-0.39, 0.29) is 11.6 Å². The van der Waals surface area contributed by atoms with Gasteiger partial charge in [0.1, 0.15) is 5.76 Å². The number of halogens is 1. The Morgan fingerprint density at radius 2 is 2.00 bits per heavy atom. The summed E-state index contributed by atoms with van der Waals surface area (Å²) in [4.78, 5) is 23.8. The minimum Gasteiger partial charge on any atom is -0.507 e. The number of aliphatic hydroxyl groups is 1. The minimum absolute atomic E-state index is 0.154. The van der Waals surface area contributed by atoms with Crippen LogP contribution in [0, 0.1) is 0 Å². The smallest absolute Gasteiger partial charge is 0.337 e. The number of hydrogen-bond donors (Lipinski definition) is 2. The van der Waals surface area contributed by atoms with Crippen LogP contribution in [-0.4, -0.2) is 49.2 Å². The zero-order valence-electron chi connectivity index (χ0n) is 16.2. The highest BCUT2D eigenvalue weighted by atomic mass is 35.5. The first kappa shape index (κ1) is 20.3. The second-order valence-electron chi connectivity index (χ2n) is 6.65. The first-order valence-corrected chi connectivity index (χ1v) is 9.48. The Morgan fingerprint density at radius 3 is 2.68 bits per heavy atom. The standard InChI is InChI=1S/C21H16ClN5O4/c1-31-21(30)13-4-2-12(3-5-13)10-27-11-16(15-8-14(22)6-7-17(15)27)18(28)9-19(29)20-23-25-26-24-20/h2-9,11,28H,10H2,1H3,(H,23,24,25,26)/b18-9-. The van der Waals surface area contributed by atoms with E-state index in [1.807, 2.05) is 22.8 Å². The van der Waals surface area contributed by atoms with E-state index in [4.69, 9.17) is 16.3 Å². The van der Waals surface area contributed by atoms with Gasteiger partial charge in [-0.2, -0.15) is 5.21 Å². The molecule has 31 heavy (non-hydrogen) atoms. The summed E-state index contributed by atoms with van der Waals surface area (Å²) in [5.74, 6) is -1.40. The average Bonchev–Trinajstić information content (AvgIpc) is 3.42. The Balaban J connectivity index is 1.70. The lowest BCUT2D eigenvalue weighted by atomic mass is 10.1. The molecule has 156 valence electrons. The Labute approximate surface area is 180 Å². The van der Waals surface area contributed by atoms with E-state index in [0.717, 1.165) is 17.2 Å². The normalized spacial score (nSPS) is 11.6. The number of ketones is 1. The van der Waals surface area contributed by atoms with Gasteiger partial charge in [0.05, 0.1) is 12.7 Å². The van der Waals surface area contributed by atoms with E-state index in [2.05, 4.69) is 20.6 Å². The second-order valence-corrected chi connectivity index (χ2v) is 7.09. The van der Waals surface area contributed by atoms with Gasteiger partial charge in [-0.15, -0.1) is 10.2 Å². The maximum atomic E-state index is 12.2. The molecule has 0 saturated carbocycles. The molecule has 9 nitrogen and oxygen atoms in total. The Morgan fingerprint density at radius 1 is 1.23 bits per heavy atom. The number of hydrogen-bond acceptors (Lipinski definition) is 7. The third kappa shape index (κ3) is 4.17. The molecule has 0 spiro atoms. The summed E-state index contributed by atoms with van der Waals surface area (Å²) in [6, 6.07) is 12.3. The highest BCUT2D eigenvalue weighted by Gasteiger charge is 2.16. The summed E-state index contributed by atoms with van der Waals surface area (Å²) >= 11 is 6.16. The summed E-state index contributed by atoms with van der Waals surface area (Å²) in [7, 11) is 1.33. The fraction of sp³-hybridized carbons (Fsp3) is 0.0952. The van der Waals surface area contributed by atoms with Crippen molar-refractivity contribution in [1.82, 2.24) is 25.2 Å². The largest absolute Gasteiger partial charge is 0.507 e. The number of ether oxygens (including phenoxy) is 1. The molecule has 0 amide bonds. The van der Waals surface area contributed by atoms with Crippen molar-refractivity contribution in [3.8, 4) is 0 Å². The number of aliphatic hydroxyl groups excluding tert-OH is 1. The van der Waals surface area contributed by atoms with Gasteiger partial charge in [0.2, 0.25) is 11.6 Å². The summed E-state index contributed by atoms with van der Waals surface area (Å²) in [6.45, 7) is 0.464. The molecule has 0 fully saturated rings. The molecular weight excluding hydrogens is 422 g/mol. The predicted octanol–water partition coefficient (Wildman–Crippen LogP) is 3.42. The van der Waals surface area contributed by atoms with E-state index < -0.39 is 11.8 Å². The highest BCUT2D eigenvalue weighted by Crippen LogP contribution is 2.29. The molecule has 0 bridgehead atoms. The van der Waals surface area contributed by atoms with Gasteiger partial charge in [0, 0.05) is 40.3 Å². The van der Waals surface area contributed by atoms with Crippen LogP contribution in [0.4, 0.5) is 0 Å². The maximum Gasteiger partial charge on any atom is 0.337 e. The molecule has 4 rings (SSSR count). The Hall–Kier alpha value is -3.98. The number of tetrazole rings is 1. The molecule has 0 aliphatic rings. The van der Waals surface area contributed by atoms with E-state index in [0.29, 0.717) is 28.1 Å². The Kier molecular flexibility index (Phi) is 5.50. The Bertz CT molecular complexity index is 1290. The molecule has 4 aromatic rings. The average molecular weight is 438 g/mol. The van der Waals surface area contributed by atoms with Crippen molar-refractivity contribution >= 4 is 40.0 Å². The van der Waals surface area contributed by atoms with Crippen molar-refractivity contribution in [2.45, 2.75) is 6.54 Å². The van der Waals surface area contributed by atoms with Gasteiger partial charge in [0.15, 0.2) is 0 Å². The number of benzene rings is 2. The molecular formula is C21H16ClN5O4. The number of carbonyl (C=O) groups excluding carboxylic acids is 2. The van der Waals surface area contributed by atoms with Crippen molar-refractivity contribution in [1.29, 1.82) is 0 Å². The van der Waals surface area contributed by atoms with Gasteiger partial charge in [-0.3, -0.25) is 4.79 Å². The monoisotopic (exact) mass is 437 g/mol. The first-order chi connectivity index (χ1) is 15.0. The van der Waals surface area contributed by atoms with Gasteiger partial charge >= 0.3 is 5.97 Å². The quantitative estimate of drug-likeness (QED) is 0.205. The minimum atomic E-state index is -0.590. The van der Waals surface area contributed by atoms with E-state index in [9.17, 15) is 14.7 Å². The van der Waals surface area contributed by atoms with E-state index in [1.165, 1.54) is 7.11 Å². The zero-order chi connectivity index (χ0) is 22.0. The number of nitrogens with zero attached hydrogens (tertiary/aromatic N) is 4. The topological polar surface area (TPSA) is 123 Å². The van der Waals surface area contributed by atoms with Crippen LogP contribution in [0.3, 0.4) is 0 Å². The first-order valence-electron chi connectivity index (χ1n) is 9.10. The predicted molar refractivity (Wildman–Crippen MR) is 113 cm³/mol. The lowest BCUT2D eigenvalue weighted by Gasteiger charge is -2.07. The van der Waals surface area contributed by atoms with Crippen LogP contribution in [0.1, 0.15) is 32.1 Å². The maximum absolute atomic E-state index is 12.2. The highest BCUT2D eigenvalue weighted by molar-refractivity contribution is 6.31. The summed E-state index contributed by atoms with van der Waals surface area (Å²) in [6.07, 6.45) is 2.76. The molecule has 2 heterocycles. The number of aromatic nitrogens is 5. The number of methoxy groups -OCH3 is 1. The number of aromatic amines is 1. The van der Waals surface area contributed by atoms with Crippen molar-refractivity contribution < 1.29 is 19.4 Å². The molecule has 2 N–H and O–H groups in total. The van der Waals surface area contributed by atoms with Gasteiger partial charge in [-0.25, -0.2) is 4.79 Å². The van der Waals surface area contributed by atoms with Crippen LogP contribution >= 0.6 is 11.6 Å². The van der Waals surface area contributed by atoms with E-state index in [1.54, 1.807) is 30.5 Å². The number of esters is 1. The molecule has 0 atom stereocenters. The number of H-pyrrole nitrogens is 1. The van der Waals surface area contributed by atoms with Crippen LogP contribution < -0.4 is 0 Å². The summed E-state index contributed by atoms with van der Waals surface area (Å²) < 4.78 is 6.63. The lowest BCUT2D eigenvalue weighted by Crippen LogP contribution is -2.02. The fourth-order valence-electron chi connectivity index (χ4n) is 3.20. The van der Waals surface area contributed by atoms with Gasteiger partial charge in [-0.05, 0) is 41.1 Å². The van der Waals surface area contributed by atoms with Crippen LogP contribution in [0.25, 0.3) is 16.7 Å².